The summed E-state index contributed by atoms with van der Waals surface area (Å²) in [5, 5.41) is 8.78. The molecule has 1 saturated heterocycles. The summed E-state index contributed by atoms with van der Waals surface area (Å²) in [7, 11) is -8.48. The summed E-state index contributed by atoms with van der Waals surface area (Å²) in [5.41, 5.74) is 2.30. The van der Waals surface area contributed by atoms with Crippen LogP contribution in [0.2, 0.25) is 0 Å². The predicted molar refractivity (Wildman–Crippen MR) is 156 cm³/mol. The van der Waals surface area contributed by atoms with Crippen LogP contribution in [-0.2, 0) is 20.0 Å². The molecule has 0 radical (unpaired) electrons. The molecule has 218 valence electrons. The number of nitrogens with zero attached hydrogens (tertiary/aromatic N) is 5. The van der Waals surface area contributed by atoms with Crippen LogP contribution < -0.4 is 0 Å². The standard InChI is InChI=1S/C30H25N5O6S2/c1-21-12-14-24(15-13-21)27-32-25(20-31)30(41-27)43(38,39)35-18-16-34(17-19-35)42(36,37)29-26(22-8-4-2-5-9-22)40-28(33-29)23-10-6-3-7-11-23/h2-15H,16-19H2,1H3. The van der Waals surface area contributed by atoms with Crippen molar-refractivity contribution in [3.05, 3.63) is 96.2 Å². The summed E-state index contributed by atoms with van der Waals surface area (Å²) in [4.78, 5) is 8.48. The topological polar surface area (TPSA) is 151 Å². The molecule has 0 atom stereocenters. The van der Waals surface area contributed by atoms with Crippen molar-refractivity contribution < 1.29 is 25.7 Å². The van der Waals surface area contributed by atoms with E-state index in [0.29, 0.717) is 16.7 Å². The maximum absolute atomic E-state index is 13.9. The third kappa shape index (κ3) is 5.37. The maximum atomic E-state index is 13.9. The molecule has 13 heteroatoms. The normalized spacial score (nSPS) is 14.9. The number of aryl methyl sites for hydroxylation is 1. The number of aromatic nitrogens is 2. The largest absolute Gasteiger partial charge is 0.435 e. The number of hydrogen-bond donors (Lipinski definition) is 0. The molecule has 6 rings (SSSR count). The Labute approximate surface area is 248 Å². The van der Waals surface area contributed by atoms with Crippen molar-refractivity contribution in [2.75, 3.05) is 26.2 Å². The molecule has 2 aromatic heterocycles. The average molecular weight is 616 g/mol. The first kappa shape index (κ1) is 28.5. The molecule has 1 aliphatic rings. The molecule has 43 heavy (non-hydrogen) atoms. The van der Waals surface area contributed by atoms with Crippen molar-refractivity contribution in [2.24, 2.45) is 0 Å². The summed E-state index contributed by atoms with van der Waals surface area (Å²) in [6, 6.07) is 26.6. The fraction of sp³-hybridized carbons (Fsp3) is 0.167. The second-order valence-corrected chi connectivity index (χ2v) is 13.5. The van der Waals surface area contributed by atoms with E-state index in [2.05, 4.69) is 9.97 Å². The number of nitriles is 1. The molecule has 0 aliphatic carbocycles. The number of rotatable bonds is 7. The van der Waals surface area contributed by atoms with Gasteiger partial charge in [-0.3, -0.25) is 0 Å². The monoisotopic (exact) mass is 615 g/mol. The Balaban J connectivity index is 1.27. The van der Waals surface area contributed by atoms with Gasteiger partial charge in [-0.15, -0.1) is 0 Å². The zero-order valence-electron chi connectivity index (χ0n) is 22.9. The van der Waals surface area contributed by atoms with Gasteiger partial charge in [0, 0.05) is 42.9 Å². The van der Waals surface area contributed by atoms with E-state index in [1.165, 1.54) is 4.31 Å². The molecule has 1 aliphatic heterocycles. The van der Waals surface area contributed by atoms with Crippen LogP contribution in [0, 0.1) is 18.3 Å². The highest BCUT2D eigenvalue weighted by Gasteiger charge is 2.40. The number of piperazine rings is 1. The van der Waals surface area contributed by atoms with Crippen molar-refractivity contribution in [3.8, 4) is 40.3 Å². The molecule has 5 aromatic rings. The van der Waals surface area contributed by atoms with Crippen LogP contribution in [0.25, 0.3) is 34.2 Å². The van der Waals surface area contributed by atoms with Crippen molar-refractivity contribution in [3.63, 3.8) is 0 Å². The fourth-order valence-electron chi connectivity index (χ4n) is 4.72. The van der Waals surface area contributed by atoms with Crippen LogP contribution in [0.5, 0.6) is 0 Å². The van der Waals surface area contributed by atoms with Crippen LogP contribution in [0.15, 0.2) is 104 Å². The summed E-state index contributed by atoms with van der Waals surface area (Å²) in [5.74, 6) is 0.251. The van der Waals surface area contributed by atoms with Gasteiger partial charge in [-0.05, 0) is 31.2 Å². The molecule has 0 unspecified atom stereocenters. The lowest BCUT2D eigenvalue weighted by atomic mass is 10.1. The van der Waals surface area contributed by atoms with E-state index in [9.17, 15) is 22.1 Å². The number of oxazole rings is 2. The van der Waals surface area contributed by atoms with Crippen LogP contribution in [0.1, 0.15) is 11.3 Å². The lowest BCUT2D eigenvalue weighted by molar-refractivity contribution is 0.267. The van der Waals surface area contributed by atoms with E-state index < -0.39 is 25.1 Å². The molecule has 0 saturated carbocycles. The van der Waals surface area contributed by atoms with Crippen LogP contribution in [0.4, 0.5) is 0 Å². The van der Waals surface area contributed by atoms with E-state index in [1.54, 1.807) is 66.7 Å². The van der Waals surface area contributed by atoms with Crippen LogP contribution >= 0.6 is 0 Å². The molecule has 0 N–H and O–H groups in total. The molecule has 0 bridgehead atoms. The number of sulfonamides is 2. The Kier molecular flexibility index (Phi) is 7.45. The minimum atomic E-state index is -4.29. The second kappa shape index (κ2) is 11.2. The highest BCUT2D eigenvalue weighted by Crippen LogP contribution is 2.35. The Morgan fingerprint density at radius 3 is 1.77 bits per heavy atom. The van der Waals surface area contributed by atoms with E-state index in [-0.39, 0.29) is 54.4 Å². The van der Waals surface area contributed by atoms with Gasteiger partial charge in [0.25, 0.3) is 25.1 Å². The first-order valence-electron chi connectivity index (χ1n) is 13.3. The lowest BCUT2D eigenvalue weighted by Crippen LogP contribution is -2.50. The van der Waals surface area contributed by atoms with Crippen molar-refractivity contribution in [1.82, 2.24) is 18.6 Å². The van der Waals surface area contributed by atoms with Gasteiger partial charge >= 0.3 is 0 Å². The Hall–Kier alpha value is -4.61. The minimum Gasteiger partial charge on any atom is -0.435 e. The lowest BCUT2D eigenvalue weighted by Gasteiger charge is -2.32. The fourth-order valence-corrected chi connectivity index (χ4v) is 7.60. The van der Waals surface area contributed by atoms with E-state index in [1.807, 2.05) is 31.2 Å². The van der Waals surface area contributed by atoms with Crippen LogP contribution in [0.3, 0.4) is 0 Å². The van der Waals surface area contributed by atoms with Gasteiger partial charge in [-0.2, -0.15) is 23.8 Å². The molecule has 0 spiro atoms. The Bertz CT molecular complexity index is 2030. The molecule has 11 nitrogen and oxygen atoms in total. The van der Waals surface area contributed by atoms with E-state index in [0.717, 1.165) is 9.87 Å². The van der Waals surface area contributed by atoms with Gasteiger partial charge in [-0.25, -0.2) is 16.8 Å². The quantitative estimate of drug-likeness (QED) is 0.257. The first-order valence-corrected chi connectivity index (χ1v) is 16.2. The minimum absolute atomic E-state index is 0.00466. The van der Waals surface area contributed by atoms with Gasteiger partial charge in [0.05, 0.1) is 0 Å². The zero-order valence-corrected chi connectivity index (χ0v) is 24.5. The average Bonchev–Trinajstić information content (AvgIpc) is 3.69. The van der Waals surface area contributed by atoms with Crippen LogP contribution in [-0.4, -0.2) is 61.6 Å². The zero-order chi connectivity index (χ0) is 30.2. The number of benzene rings is 3. The van der Waals surface area contributed by atoms with E-state index >= 15 is 0 Å². The first-order chi connectivity index (χ1) is 20.7. The summed E-state index contributed by atoms with van der Waals surface area (Å²) in [6.07, 6.45) is 0. The Morgan fingerprint density at radius 1 is 0.674 bits per heavy atom. The molecule has 0 amide bonds. The number of hydrogen-bond acceptors (Lipinski definition) is 9. The molecular formula is C30H25N5O6S2. The van der Waals surface area contributed by atoms with E-state index in [4.69, 9.17) is 8.83 Å². The smallest absolute Gasteiger partial charge is 0.279 e. The maximum Gasteiger partial charge on any atom is 0.279 e. The van der Waals surface area contributed by atoms with Crippen molar-refractivity contribution in [2.45, 2.75) is 17.0 Å². The molecule has 1 fully saturated rings. The summed E-state index contributed by atoms with van der Waals surface area (Å²) < 4.78 is 68.8. The van der Waals surface area contributed by atoms with Gasteiger partial charge in [0.1, 0.15) is 6.07 Å². The van der Waals surface area contributed by atoms with Gasteiger partial charge in [0.15, 0.2) is 11.5 Å². The second-order valence-electron chi connectivity index (χ2n) is 9.83. The molecular weight excluding hydrogens is 590 g/mol. The van der Waals surface area contributed by atoms with Gasteiger partial charge in [0.2, 0.25) is 16.8 Å². The molecule has 3 aromatic carbocycles. The third-order valence-electron chi connectivity index (χ3n) is 7.01. The van der Waals surface area contributed by atoms with Gasteiger partial charge in [-0.1, -0.05) is 66.2 Å². The third-order valence-corrected chi connectivity index (χ3v) is 10.6. The predicted octanol–water partition coefficient (Wildman–Crippen LogP) is 4.54. The Morgan fingerprint density at radius 2 is 1.19 bits per heavy atom. The highest BCUT2D eigenvalue weighted by atomic mass is 32.2. The van der Waals surface area contributed by atoms with Crippen molar-refractivity contribution >= 4 is 20.0 Å². The SMILES string of the molecule is Cc1ccc(-c2nc(C#N)c(S(=O)(=O)N3CCN(S(=O)(=O)c4nc(-c5ccccc5)oc4-c4ccccc4)CC3)o2)cc1. The molecule has 3 heterocycles. The van der Waals surface area contributed by atoms with Crippen molar-refractivity contribution in [1.29, 1.82) is 5.26 Å². The van der Waals surface area contributed by atoms with Gasteiger partial charge < -0.3 is 8.83 Å². The highest BCUT2D eigenvalue weighted by molar-refractivity contribution is 7.89. The summed E-state index contributed by atoms with van der Waals surface area (Å²) >= 11 is 0. The summed E-state index contributed by atoms with van der Waals surface area (Å²) in [6.45, 7) is 1.27.